The van der Waals surface area contributed by atoms with Crippen molar-refractivity contribution >= 4 is 20.8 Å². The molecule has 4 rings (SSSR count). The first-order valence-electron chi connectivity index (χ1n) is 9.65. The van der Waals surface area contributed by atoms with Gasteiger partial charge in [-0.1, -0.05) is 18.2 Å². The maximum Gasteiger partial charge on any atom is 0.243 e. The normalized spacial score (nSPS) is 16.1. The van der Waals surface area contributed by atoms with Gasteiger partial charge in [0.2, 0.25) is 10.0 Å². The summed E-state index contributed by atoms with van der Waals surface area (Å²) < 4.78 is 45.7. The summed E-state index contributed by atoms with van der Waals surface area (Å²) in [6, 6.07) is 14.3. The molecule has 0 radical (unpaired) electrons. The summed E-state index contributed by atoms with van der Waals surface area (Å²) in [7, 11) is -2.13. The number of fused-ring (bicyclic) bond motifs is 1. The van der Waals surface area contributed by atoms with Gasteiger partial charge in [0.1, 0.15) is 17.3 Å². The molecule has 0 spiro atoms. The average Bonchev–Trinajstić information content (AvgIpc) is 2.76. The SMILES string of the molecule is COc1ccc2ccc(O)c(CN3CCN(S(=O)(=O)c4cccc(F)c4)CC3)c2c1. The number of rotatable bonds is 5. The lowest BCUT2D eigenvalue weighted by atomic mass is 10.0. The van der Waals surface area contributed by atoms with Gasteiger partial charge in [0.15, 0.2) is 0 Å². The number of piperazine rings is 1. The van der Waals surface area contributed by atoms with Crippen molar-refractivity contribution in [1.29, 1.82) is 0 Å². The van der Waals surface area contributed by atoms with Gasteiger partial charge < -0.3 is 9.84 Å². The van der Waals surface area contributed by atoms with E-state index in [1.165, 1.54) is 22.5 Å². The molecule has 1 fully saturated rings. The number of benzene rings is 3. The van der Waals surface area contributed by atoms with E-state index in [1.54, 1.807) is 13.2 Å². The molecule has 158 valence electrons. The molecular weight excluding hydrogens is 407 g/mol. The highest BCUT2D eigenvalue weighted by molar-refractivity contribution is 7.89. The summed E-state index contributed by atoms with van der Waals surface area (Å²) in [4.78, 5) is 2.07. The van der Waals surface area contributed by atoms with E-state index in [4.69, 9.17) is 4.74 Å². The Balaban J connectivity index is 1.51. The Kier molecular flexibility index (Phi) is 5.64. The van der Waals surface area contributed by atoms with Crippen molar-refractivity contribution < 1.29 is 22.7 Å². The number of nitrogens with zero attached hydrogens (tertiary/aromatic N) is 2. The van der Waals surface area contributed by atoms with Crippen LogP contribution in [0.15, 0.2) is 59.5 Å². The summed E-state index contributed by atoms with van der Waals surface area (Å²) in [5.74, 6) is 0.336. The number of hydrogen-bond acceptors (Lipinski definition) is 5. The summed E-state index contributed by atoms with van der Waals surface area (Å²) in [5, 5.41) is 12.4. The molecule has 0 saturated carbocycles. The number of phenols is 1. The predicted molar refractivity (Wildman–Crippen MR) is 113 cm³/mol. The zero-order valence-corrected chi connectivity index (χ0v) is 17.4. The number of hydrogen-bond donors (Lipinski definition) is 1. The fourth-order valence-electron chi connectivity index (χ4n) is 3.77. The molecule has 3 aromatic carbocycles. The molecule has 0 aromatic heterocycles. The van der Waals surface area contributed by atoms with Crippen LogP contribution in [0.2, 0.25) is 0 Å². The van der Waals surface area contributed by atoms with Crippen LogP contribution in [0.3, 0.4) is 0 Å². The van der Waals surface area contributed by atoms with Crippen molar-refractivity contribution in [2.24, 2.45) is 0 Å². The first-order valence-corrected chi connectivity index (χ1v) is 11.1. The van der Waals surface area contributed by atoms with Gasteiger partial charge in [-0.15, -0.1) is 0 Å². The lowest BCUT2D eigenvalue weighted by molar-refractivity contribution is 0.180. The first kappa shape index (κ1) is 20.6. The van der Waals surface area contributed by atoms with Gasteiger partial charge in [-0.2, -0.15) is 4.31 Å². The summed E-state index contributed by atoms with van der Waals surface area (Å²) in [6.07, 6.45) is 0. The molecule has 0 atom stereocenters. The lowest BCUT2D eigenvalue weighted by Gasteiger charge is -2.34. The third-order valence-electron chi connectivity index (χ3n) is 5.46. The zero-order chi connectivity index (χ0) is 21.3. The maximum absolute atomic E-state index is 13.5. The molecular formula is C22H23FN2O4S. The highest BCUT2D eigenvalue weighted by atomic mass is 32.2. The van der Waals surface area contributed by atoms with E-state index >= 15 is 0 Å². The van der Waals surface area contributed by atoms with Crippen molar-refractivity contribution in [2.75, 3.05) is 33.3 Å². The second kappa shape index (κ2) is 8.22. The van der Waals surface area contributed by atoms with E-state index in [1.807, 2.05) is 24.3 Å². The van der Waals surface area contributed by atoms with Gasteiger partial charge in [0, 0.05) is 38.3 Å². The number of methoxy groups -OCH3 is 1. The maximum atomic E-state index is 13.5. The monoisotopic (exact) mass is 430 g/mol. The van der Waals surface area contributed by atoms with Crippen LogP contribution in [0.1, 0.15) is 5.56 Å². The Morgan fingerprint density at radius 1 is 1.03 bits per heavy atom. The number of aromatic hydroxyl groups is 1. The molecule has 6 nitrogen and oxygen atoms in total. The van der Waals surface area contributed by atoms with E-state index in [0.29, 0.717) is 38.5 Å². The fourth-order valence-corrected chi connectivity index (χ4v) is 5.22. The van der Waals surface area contributed by atoms with Gasteiger partial charge in [0.25, 0.3) is 0 Å². The Morgan fingerprint density at radius 3 is 2.47 bits per heavy atom. The van der Waals surface area contributed by atoms with Crippen LogP contribution in [0.5, 0.6) is 11.5 Å². The van der Waals surface area contributed by atoms with Crippen LogP contribution in [0, 0.1) is 5.82 Å². The van der Waals surface area contributed by atoms with Crippen molar-refractivity contribution in [2.45, 2.75) is 11.4 Å². The van der Waals surface area contributed by atoms with Crippen molar-refractivity contribution in [1.82, 2.24) is 9.21 Å². The van der Waals surface area contributed by atoms with E-state index in [-0.39, 0.29) is 10.6 Å². The van der Waals surface area contributed by atoms with Crippen LogP contribution < -0.4 is 4.74 Å². The van der Waals surface area contributed by atoms with Crippen LogP contribution in [-0.2, 0) is 16.6 Å². The molecule has 30 heavy (non-hydrogen) atoms. The van der Waals surface area contributed by atoms with Gasteiger partial charge in [-0.05, 0) is 47.2 Å². The molecule has 0 unspecified atom stereocenters. The molecule has 1 saturated heterocycles. The minimum Gasteiger partial charge on any atom is -0.508 e. The second-order valence-electron chi connectivity index (χ2n) is 7.29. The molecule has 0 aliphatic carbocycles. The number of halogens is 1. The quantitative estimate of drug-likeness (QED) is 0.673. The lowest BCUT2D eigenvalue weighted by Crippen LogP contribution is -2.48. The van der Waals surface area contributed by atoms with E-state index in [0.717, 1.165) is 22.4 Å². The standard InChI is InChI=1S/C22H23FN2O4S/c1-29-18-7-5-16-6-8-22(26)21(20(16)14-18)15-24-9-11-25(12-10-24)30(27,28)19-4-2-3-17(23)13-19/h2-8,13-14,26H,9-12,15H2,1H3. The highest BCUT2D eigenvalue weighted by Crippen LogP contribution is 2.31. The molecule has 1 aliphatic heterocycles. The number of sulfonamides is 1. The molecule has 3 aromatic rings. The molecule has 1 heterocycles. The Labute approximate surface area is 175 Å². The van der Waals surface area contributed by atoms with Crippen molar-refractivity contribution in [3.63, 3.8) is 0 Å². The number of phenolic OH excluding ortho intramolecular Hbond substituents is 1. The first-order chi connectivity index (χ1) is 14.4. The van der Waals surface area contributed by atoms with Crippen LogP contribution >= 0.6 is 0 Å². The molecule has 0 bridgehead atoms. The van der Waals surface area contributed by atoms with Gasteiger partial charge in [-0.25, -0.2) is 12.8 Å². The van der Waals surface area contributed by atoms with Gasteiger partial charge in [0.05, 0.1) is 12.0 Å². The van der Waals surface area contributed by atoms with Crippen LogP contribution in [0.4, 0.5) is 4.39 Å². The van der Waals surface area contributed by atoms with E-state index < -0.39 is 15.8 Å². The summed E-state index contributed by atoms with van der Waals surface area (Å²) >= 11 is 0. The predicted octanol–water partition coefficient (Wildman–Crippen LogP) is 3.20. The van der Waals surface area contributed by atoms with Crippen LogP contribution in [-0.4, -0.2) is 56.0 Å². The van der Waals surface area contributed by atoms with Crippen molar-refractivity contribution in [3.05, 3.63) is 66.0 Å². The third-order valence-corrected chi connectivity index (χ3v) is 7.36. The van der Waals surface area contributed by atoms with Gasteiger partial charge >= 0.3 is 0 Å². The minimum absolute atomic E-state index is 0.0326. The van der Waals surface area contributed by atoms with E-state index in [2.05, 4.69) is 4.90 Å². The molecule has 1 N–H and O–H groups in total. The number of ether oxygens (including phenoxy) is 1. The zero-order valence-electron chi connectivity index (χ0n) is 16.6. The molecule has 0 amide bonds. The Morgan fingerprint density at radius 2 is 1.77 bits per heavy atom. The molecule has 8 heteroatoms. The second-order valence-corrected chi connectivity index (χ2v) is 9.23. The fraction of sp³-hybridized carbons (Fsp3) is 0.273. The molecule has 1 aliphatic rings. The largest absolute Gasteiger partial charge is 0.508 e. The summed E-state index contributed by atoms with van der Waals surface area (Å²) in [5.41, 5.74) is 0.785. The smallest absolute Gasteiger partial charge is 0.243 e. The minimum atomic E-state index is -3.73. The average molecular weight is 431 g/mol. The topological polar surface area (TPSA) is 70.1 Å². The summed E-state index contributed by atoms with van der Waals surface area (Å²) in [6.45, 7) is 2.11. The van der Waals surface area contributed by atoms with E-state index in [9.17, 15) is 17.9 Å². The third kappa shape index (κ3) is 3.98. The van der Waals surface area contributed by atoms with Crippen molar-refractivity contribution in [3.8, 4) is 11.5 Å². The van der Waals surface area contributed by atoms with Crippen LogP contribution in [0.25, 0.3) is 10.8 Å². The Bertz CT molecular complexity index is 1170. The Hall–Kier alpha value is -2.68. The van der Waals surface area contributed by atoms with Gasteiger partial charge in [-0.3, -0.25) is 4.90 Å². The highest BCUT2D eigenvalue weighted by Gasteiger charge is 2.29.